The summed E-state index contributed by atoms with van der Waals surface area (Å²) in [5.41, 5.74) is 4.66. The molecule has 0 aliphatic rings. The van der Waals surface area contributed by atoms with E-state index in [4.69, 9.17) is 5.73 Å². The number of likely N-dealkylation sites (N-methyl/N-ethyl adjacent to an activating group) is 1. The van der Waals surface area contributed by atoms with Crippen LogP contribution in [0, 0.1) is 0 Å². The monoisotopic (exact) mass is 224 g/mol. The number of amides is 1. The van der Waals surface area contributed by atoms with Gasteiger partial charge in [0.2, 0.25) is 0 Å². The van der Waals surface area contributed by atoms with Crippen molar-refractivity contribution in [1.29, 1.82) is 0 Å². The van der Waals surface area contributed by atoms with Gasteiger partial charge < -0.3 is 15.7 Å². The van der Waals surface area contributed by atoms with Crippen molar-refractivity contribution >= 4 is 11.7 Å². The first-order valence-corrected chi connectivity index (χ1v) is 4.85. The van der Waals surface area contributed by atoms with E-state index in [0.29, 0.717) is 0 Å². The van der Waals surface area contributed by atoms with Gasteiger partial charge in [-0.2, -0.15) is 0 Å². The van der Waals surface area contributed by atoms with Gasteiger partial charge in [0.1, 0.15) is 11.5 Å². The van der Waals surface area contributed by atoms with E-state index in [1.54, 1.807) is 20.9 Å². The van der Waals surface area contributed by atoms with Gasteiger partial charge in [-0.3, -0.25) is 9.78 Å². The number of hydrogen-bond acceptors (Lipinski definition) is 5. The quantitative estimate of drug-likeness (QED) is 0.748. The van der Waals surface area contributed by atoms with E-state index < -0.39 is 5.60 Å². The van der Waals surface area contributed by atoms with Gasteiger partial charge in [0.25, 0.3) is 5.91 Å². The number of nitrogen functional groups attached to an aromatic ring is 1. The lowest BCUT2D eigenvalue weighted by Crippen LogP contribution is -2.40. The van der Waals surface area contributed by atoms with Crippen LogP contribution in [0.5, 0.6) is 0 Å². The first-order chi connectivity index (χ1) is 7.29. The minimum atomic E-state index is -0.946. The van der Waals surface area contributed by atoms with Gasteiger partial charge >= 0.3 is 0 Å². The average molecular weight is 224 g/mol. The molecule has 0 aromatic carbocycles. The molecule has 6 nitrogen and oxygen atoms in total. The second-order valence-corrected chi connectivity index (χ2v) is 4.30. The van der Waals surface area contributed by atoms with Crippen molar-refractivity contribution in [2.75, 3.05) is 19.3 Å². The molecule has 0 spiro atoms. The van der Waals surface area contributed by atoms with E-state index >= 15 is 0 Å². The molecule has 0 aliphatic carbocycles. The molecule has 0 unspecified atom stereocenters. The maximum atomic E-state index is 11.8. The first kappa shape index (κ1) is 12.4. The van der Waals surface area contributed by atoms with E-state index in [-0.39, 0.29) is 24.0 Å². The van der Waals surface area contributed by atoms with E-state index in [2.05, 4.69) is 9.97 Å². The molecule has 0 fully saturated rings. The summed E-state index contributed by atoms with van der Waals surface area (Å²) >= 11 is 0. The minimum Gasteiger partial charge on any atom is -0.389 e. The molecular weight excluding hydrogens is 208 g/mol. The number of nitrogens with zero attached hydrogens (tertiary/aromatic N) is 3. The standard InChI is InChI=1S/C10H16N4O2/c1-10(2,16)6-14(3)9(15)7-4-12-5-8(11)13-7/h4-5,16H,6H2,1-3H3,(H2,11,13). The Bertz CT molecular complexity index is 387. The second kappa shape index (κ2) is 4.44. The molecule has 0 aliphatic heterocycles. The van der Waals surface area contributed by atoms with Gasteiger partial charge in [0, 0.05) is 13.6 Å². The molecule has 0 bridgehead atoms. The van der Waals surface area contributed by atoms with Crippen LogP contribution in [0.2, 0.25) is 0 Å². The molecule has 88 valence electrons. The summed E-state index contributed by atoms with van der Waals surface area (Å²) in [6.45, 7) is 3.46. The van der Waals surface area contributed by atoms with Gasteiger partial charge in [-0.25, -0.2) is 4.98 Å². The van der Waals surface area contributed by atoms with E-state index in [0.717, 1.165) is 0 Å². The molecule has 16 heavy (non-hydrogen) atoms. The summed E-state index contributed by atoms with van der Waals surface area (Å²) in [6, 6.07) is 0. The summed E-state index contributed by atoms with van der Waals surface area (Å²) in [6.07, 6.45) is 2.71. The molecule has 1 heterocycles. The molecule has 1 amide bonds. The molecule has 0 saturated heterocycles. The van der Waals surface area contributed by atoms with Crippen molar-refractivity contribution in [3.05, 3.63) is 18.1 Å². The molecular formula is C10H16N4O2. The molecule has 1 aromatic rings. The Hall–Kier alpha value is -1.69. The topological polar surface area (TPSA) is 92.3 Å². The lowest BCUT2D eigenvalue weighted by molar-refractivity contribution is 0.0364. The molecule has 0 radical (unpaired) electrons. The van der Waals surface area contributed by atoms with Gasteiger partial charge in [0.05, 0.1) is 18.0 Å². The smallest absolute Gasteiger partial charge is 0.273 e. The van der Waals surface area contributed by atoms with Gasteiger partial charge in [-0.1, -0.05) is 0 Å². The predicted molar refractivity (Wildman–Crippen MR) is 59.7 cm³/mol. The van der Waals surface area contributed by atoms with Crippen molar-refractivity contribution in [3.8, 4) is 0 Å². The highest BCUT2D eigenvalue weighted by Crippen LogP contribution is 2.07. The van der Waals surface area contributed by atoms with Crippen molar-refractivity contribution in [3.63, 3.8) is 0 Å². The Morgan fingerprint density at radius 3 is 2.69 bits per heavy atom. The number of nitrogens with two attached hydrogens (primary N) is 1. The Morgan fingerprint density at radius 2 is 2.19 bits per heavy atom. The van der Waals surface area contributed by atoms with Gasteiger partial charge in [-0.05, 0) is 13.8 Å². The first-order valence-electron chi connectivity index (χ1n) is 4.85. The number of aromatic nitrogens is 2. The number of hydrogen-bond donors (Lipinski definition) is 2. The number of aliphatic hydroxyl groups is 1. The van der Waals surface area contributed by atoms with Crippen LogP contribution in [0.15, 0.2) is 12.4 Å². The van der Waals surface area contributed by atoms with Gasteiger partial charge in [-0.15, -0.1) is 0 Å². The van der Waals surface area contributed by atoms with E-state index in [1.807, 2.05) is 0 Å². The van der Waals surface area contributed by atoms with Crippen LogP contribution in [-0.2, 0) is 0 Å². The average Bonchev–Trinajstić information content (AvgIpc) is 2.14. The lowest BCUT2D eigenvalue weighted by atomic mass is 10.1. The third-order valence-electron chi connectivity index (χ3n) is 1.84. The second-order valence-electron chi connectivity index (χ2n) is 4.30. The zero-order valence-electron chi connectivity index (χ0n) is 9.64. The highest BCUT2D eigenvalue weighted by atomic mass is 16.3. The zero-order valence-corrected chi connectivity index (χ0v) is 9.64. The van der Waals surface area contributed by atoms with Crippen LogP contribution in [0.25, 0.3) is 0 Å². The summed E-state index contributed by atoms with van der Waals surface area (Å²) in [5, 5.41) is 9.58. The van der Waals surface area contributed by atoms with Gasteiger partial charge in [0.15, 0.2) is 0 Å². The molecule has 6 heteroatoms. The maximum absolute atomic E-state index is 11.8. The fraction of sp³-hybridized carbons (Fsp3) is 0.500. The Labute approximate surface area is 94.1 Å². The van der Waals surface area contributed by atoms with Crippen molar-refractivity contribution in [2.45, 2.75) is 19.4 Å². The third-order valence-corrected chi connectivity index (χ3v) is 1.84. The summed E-state index contributed by atoms with van der Waals surface area (Å²) < 4.78 is 0. The molecule has 1 aromatic heterocycles. The number of carbonyl (C=O) groups excluding carboxylic acids is 1. The fourth-order valence-electron chi connectivity index (χ4n) is 1.33. The zero-order chi connectivity index (χ0) is 12.3. The fourth-order valence-corrected chi connectivity index (χ4v) is 1.33. The minimum absolute atomic E-state index is 0.173. The lowest BCUT2D eigenvalue weighted by Gasteiger charge is -2.25. The van der Waals surface area contributed by atoms with Crippen LogP contribution in [0.1, 0.15) is 24.3 Å². The number of carbonyl (C=O) groups is 1. The maximum Gasteiger partial charge on any atom is 0.273 e. The number of anilines is 1. The highest BCUT2D eigenvalue weighted by molar-refractivity contribution is 5.92. The largest absolute Gasteiger partial charge is 0.389 e. The molecule has 3 N–H and O–H groups in total. The summed E-state index contributed by atoms with van der Waals surface area (Å²) in [5.74, 6) is -0.121. The Kier molecular flexibility index (Phi) is 3.44. The summed E-state index contributed by atoms with van der Waals surface area (Å²) in [7, 11) is 1.59. The molecule has 1 rings (SSSR count). The van der Waals surface area contributed by atoms with Crippen LogP contribution in [-0.4, -0.2) is 45.1 Å². The third kappa shape index (κ3) is 3.47. The Balaban J connectivity index is 2.78. The van der Waals surface area contributed by atoms with Crippen LogP contribution in [0.3, 0.4) is 0 Å². The normalized spacial score (nSPS) is 11.2. The van der Waals surface area contributed by atoms with E-state index in [9.17, 15) is 9.90 Å². The van der Waals surface area contributed by atoms with Crippen molar-refractivity contribution in [1.82, 2.24) is 14.9 Å². The highest BCUT2D eigenvalue weighted by Gasteiger charge is 2.21. The predicted octanol–water partition coefficient (Wildman–Crippen LogP) is -0.0983. The SMILES string of the molecule is CN(CC(C)(C)O)C(=O)c1cncc(N)n1. The number of rotatable bonds is 3. The van der Waals surface area contributed by atoms with Crippen LogP contribution >= 0.6 is 0 Å². The van der Waals surface area contributed by atoms with Crippen molar-refractivity contribution in [2.24, 2.45) is 0 Å². The van der Waals surface area contributed by atoms with Crippen LogP contribution in [0.4, 0.5) is 5.82 Å². The molecule has 0 atom stereocenters. The van der Waals surface area contributed by atoms with E-state index in [1.165, 1.54) is 17.3 Å². The van der Waals surface area contributed by atoms with Crippen LogP contribution < -0.4 is 5.73 Å². The van der Waals surface area contributed by atoms with Crippen molar-refractivity contribution < 1.29 is 9.90 Å². The summed E-state index contributed by atoms with van der Waals surface area (Å²) in [4.78, 5) is 20.9. The Morgan fingerprint density at radius 1 is 1.56 bits per heavy atom. The molecule has 0 saturated carbocycles.